The molecular weight excluding hydrogens is 296 g/mol. The SMILES string of the molecule is CNCC(=O)Nc1ccc(OCc2nc(C)no2)cc1.Cl. The molecule has 0 aliphatic heterocycles. The number of aromatic nitrogens is 2. The summed E-state index contributed by atoms with van der Waals surface area (Å²) in [4.78, 5) is 15.4. The number of hydrogen-bond donors (Lipinski definition) is 2. The summed E-state index contributed by atoms with van der Waals surface area (Å²) in [6.07, 6.45) is 0. The molecule has 0 spiro atoms. The van der Waals surface area contributed by atoms with E-state index in [9.17, 15) is 4.79 Å². The minimum atomic E-state index is -0.0949. The lowest BCUT2D eigenvalue weighted by Gasteiger charge is -2.06. The zero-order chi connectivity index (χ0) is 14.4. The number of ether oxygens (including phenoxy) is 1. The first-order valence-corrected chi connectivity index (χ1v) is 6.14. The van der Waals surface area contributed by atoms with Gasteiger partial charge >= 0.3 is 0 Å². The molecule has 114 valence electrons. The standard InChI is InChI=1S/C13H16N4O3.ClH/c1-9-15-13(20-17-9)8-19-11-5-3-10(4-6-11)16-12(18)7-14-2;/h3-6,14H,7-8H2,1-2H3,(H,16,18);1H. The molecule has 2 rings (SSSR count). The Balaban J connectivity index is 0.00000220. The molecule has 1 aromatic carbocycles. The zero-order valence-corrected chi connectivity index (χ0v) is 12.6. The highest BCUT2D eigenvalue weighted by Gasteiger charge is 2.04. The van der Waals surface area contributed by atoms with E-state index in [-0.39, 0.29) is 31.5 Å². The number of likely N-dealkylation sites (N-methyl/N-ethyl adjacent to an activating group) is 1. The number of halogens is 1. The first kappa shape index (κ1) is 16.9. The lowest BCUT2D eigenvalue weighted by molar-refractivity contribution is -0.115. The number of amides is 1. The van der Waals surface area contributed by atoms with Crippen LogP contribution in [0.3, 0.4) is 0 Å². The third kappa shape index (κ3) is 5.41. The molecule has 1 amide bonds. The fraction of sp³-hybridized carbons (Fsp3) is 0.308. The van der Waals surface area contributed by atoms with Crippen LogP contribution in [0.4, 0.5) is 5.69 Å². The molecule has 2 N–H and O–H groups in total. The number of carbonyl (C=O) groups is 1. The average molecular weight is 313 g/mol. The fourth-order valence-corrected chi connectivity index (χ4v) is 1.54. The van der Waals surface area contributed by atoms with E-state index in [0.29, 0.717) is 23.2 Å². The van der Waals surface area contributed by atoms with Crippen LogP contribution in [0.5, 0.6) is 5.75 Å². The van der Waals surface area contributed by atoms with Crippen LogP contribution in [0.15, 0.2) is 28.8 Å². The maximum absolute atomic E-state index is 11.4. The Hall–Kier alpha value is -2.12. The second-order valence-electron chi connectivity index (χ2n) is 4.13. The van der Waals surface area contributed by atoms with E-state index in [4.69, 9.17) is 9.26 Å². The van der Waals surface area contributed by atoms with E-state index in [0.717, 1.165) is 0 Å². The number of nitrogens with one attached hydrogen (secondary N) is 2. The van der Waals surface area contributed by atoms with Gasteiger partial charge in [-0.15, -0.1) is 12.4 Å². The third-order valence-electron chi connectivity index (χ3n) is 2.41. The second-order valence-corrected chi connectivity index (χ2v) is 4.13. The van der Waals surface area contributed by atoms with Gasteiger partial charge < -0.3 is 19.9 Å². The van der Waals surface area contributed by atoms with Crippen molar-refractivity contribution in [2.45, 2.75) is 13.5 Å². The van der Waals surface area contributed by atoms with Crippen LogP contribution >= 0.6 is 12.4 Å². The van der Waals surface area contributed by atoms with E-state index in [1.165, 1.54) is 0 Å². The Bertz CT molecular complexity index is 571. The molecule has 8 heteroatoms. The molecule has 1 aromatic heterocycles. The normalized spacial score (nSPS) is 9.81. The van der Waals surface area contributed by atoms with Gasteiger partial charge in [0, 0.05) is 5.69 Å². The van der Waals surface area contributed by atoms with Crippen molar-refractivity contribution in [1.82, 2.24) is 15.5 Å². The number of hydrogen-bond acceptors (Lipinski definition) is 6. The summed E-state index contributed by atoms with van der Waals surface area (Å²) in [5, 5.41) is 9.20. The van der Waals surface area contributed by atoms with Crippen LogP contribution in [0.1, 0.15) is 11.7 Å². The monoisotopic (exact) mass is 312 g/mol. The first-order chi connectivity index (χ1) is 9.67. The Kier molecular flexibility index (Phi) is 6.64. The molecule has 0 unspecified atom stereocenters. The van der Waals surface area contributed by atoms with Gasteiger partial charge in [0.25, 0.3) is 5.89 Å². The van der Waals surface area contributed by atoms with Crippen molar-refractivity contribution in [3.05, 3.63) is 36.0 Å². The molecule has 0 fully saturated rings. The molecule has 2 aromatic rings. The van der Waals surface area contributed by atoms with Crippen LogP contribution in [-0.4, -0.2) is 29.6 Å². The summed E-state index contributed by atoms with van der Waals surface area (Å²) < 4.78 is 10.4. The summed E-state index contributed by atoms with van der Waals surface area (Å²) in [5.74, 6) is 1.56. The van der Waals surface area contributed by atoms with E-state index in [1.807, 2.05) is 0 Å². The van der Waals surface area contributed by atoms with Gasteiger partial charge in [0.2, 0.25) is 5.91 Å². The largest absolute Gasteiger partial charge is 0.484 e. The molecular formula is C13H17ClN4O3. The summed E-state index contributed by atoms with van der Waals surface area (Å²) in [7, 11) is 1.72. The number of aryl methyl sites for hydroxylation is 1. The highest BCUT2D eigenvalue weighted by molar-refractivity contribution is 5.92. The van der Waals surface area contributed by atoms with E-state index in [1.54, 1.807) is 38.2 Å². The van der Waals surface area contributed by atoms with Crippen LogP contribution in [0.25, 0.3) is 0 Å². The van der Waals surface area contributed by atoms with Crippen molar-refractivity contribution in [2.24, 2.45) is 0 Å². The molecule has 0 radical (unpaired) electrons. The van der Waals surface area contributed by atoms with Crippen molar-refractivity contribution in [3.63, 3.8) is 0 Å². The highest BCUT2D eigenvalue weighted by atomic mass is 35.5. The number of rotatable bonds is 6. The van der Waals surface area contributed by atoms with Crippen LogP contribution in [-0.2, 0) is 11.4 Å². The van der Waals surface area contributed by atoms with Gasteiger partial charge in [-0.25, -0.2) is 0 Å². The van der Waals surface area contributed by atoms with Crippen molar-refractivity contribution < 1.29 is 14.1 Å². The minimum absolute atomic E-state index is 0. The van der Waals surface area contributed by atoms with Gasteiger partial charge in [0.15, 0.2) is 12.4 Å². The highest BCUT2D eigenvalue weighted by Crippen LogP contribution is 2.16. The van der Waals surface area contributed by atoms with Gasteiger partial charge in [-0.2, -0.15) is 4.98 Å². The molecule has 0 saturated carbocycles. The predicted octanol–water partition coefficient (Wildman–Crippen LogP) is 1.54. The van der Waals surface area contributed by atoms with E-state index >= 15 is 0 Å². The topological polar surface area (TPSA) is 89.3 Å². The molecule has 0 saturated heterocycles. The lowest BCUT2D eigenvalue weighted by atomic mass is 10.3. The summed E-state index contributed by atoms with van der Waals surface area (Å²) in [6.45, 7) is 2.23. The van der Waals surface area contributed by atoms with E-state index in [2.05, 4.69) is 20.8 Å². The minimum Gasteiger partial charge on any atom is -0.484 e. The molecule has 0 aliphatic rings. The predicted molar refractivity (Wildman–Crippen MR) is 79.6 cm³/mol. The summed E-state index contributed by atoms with van der Waals surface area (Å²) in [5.41, 5.74) is 0.714. The van der Waals surface area contributed by atoms with Crippen molar-refractivity contribution in [2.75, 3.05) is 18.9 Å². The Morgan fingerprint density at radius 3 is 2.62 bits per heavy atom. The molecule has 0 bridgehead atoms. The number of nitrogens with zero attached hydrogens (tertiary/aromatic N) is 2. The van der Waals surface area contributed by atoms with E-state index < -0.39 is 0 Å². The summed E-state index contributed by atoms with van der Waals surface area (Å²) >= 11 is 0. The van der Waals surface area contributed by atoms with Gasteiger partial charge in [-0.3, -0.25) is 4.79 Å². The molecule has 21 heavy (non-hydrogen) atoms. The third-order valence-corrected chi connectivity index (χ3v) is 2.41. The second kappa shape index (κ2) is 8.23. The molecule has 1 heterocycles. The average Bonchev–Trinajstić information content (AvgIpc) is 2.84. The molecule has 7 nitrogen and oxygen atoms in total. The van der Waals surface area contributed by atoms with Gasteiger partial charge in [0.1, 0.15) is 5.75 Å². The Labute approximate surface area is 128 Å². The molecule has 0 aliphatic carbocycles. The number of benzene rings is 1. The van der Waals surface area contributed by atoms with Crippen LogP contribution in [0, 0.1) is 6.92 Å². The Morgan fingerprint density at radius 1 is 1.33 bits per heavy atom. The van der Waals surface area contributed by atoms with Gasteiger partial charge in [-0.05, 0) is 38.2 Å². The number of anilines is 1. The lowest BCUT2D eigenvalue weighted by Crippen LogP contribution is -2.24. The smallest absolute Gasteiger partial charge is 0.264 e. The van der Waals surface area contributed by atoms with Crippen molar-refractivity contribution in [3.8, 4) is 5.75 Å². The fourth-order valence-electron chi connectivity index (χ4n) is 1.54. The zero-order valence-electron chi connectivity index (χ0n) is 11.8. The van der Waals surface area contributed by atoms with Crippen LogP contribution < -0.4 is 15.4 Å². The maximum atomic E-state index is 11.4. The quantitative estimate of drug-likeness (QED) is 0.841. The number of carbonyl (C=O) groups excluding carboxylic acids is 1. The van der Waals surface area contributed by atoms with Crippen molar-refractivity contribution >= 4 is 24.0 Å². The maximum Gasteiger partial charge on any atom is 0.264 e. The summed E-state index contributed by atoms with van der Waals surface area (Å²) in [6, 6.07) is 7.06. The van der Waals surface area contributed by atoms with Crippen LogP contribution in [0.2, 0.25) is 0 Å². The van der Waals surface area contributed by atoms with Gasteiger partial charge in [0.05, 0.1) is 6.54 Å². The van der Waals surface area contributed by atoms with Crippen molar-refractivity contribution in [1.29, 1.82) is 0 Å². The first-order valence-electron chi connectivity index (χ1n) is 6.14. The molecule has 0 atom stereocenters. The van der Waals surface area contributed by atoms with Gasteiger partial charge in [-0.1, -0.05) is 5.16 Å². The Morgan fingerprint density at radius 2 is 2.05 bits per heavy atom.